The highest BCUT2D eigenvalue weighted by molar-refractivity contribution is 5.62. The lowest BCUT2D eigenvalue weighted by molar-refractivity contribution is 0.173. The Bertz CT molecular complexity index is 810. The number of fused-ring (bicyclic) bond motifs is 2. The Balaban J connectivity index is 1.73. The van der Waals surface area contributed by atoms with E-state index in [1.165, 1.54) is 5.56 Å². The zero-order valence-electron chi connectivity index (χ0n) is 14.0. The molecule has 0 saturated carbocycles. The van der Waals surface area contributed by atoms with Crippen LogP contribution in [-0.4, -0.2) is 13.9 Å². The summed E-state index contributed by atoms with van der Waals surface area (Å²) < 4.78 is 22.7. The van der Waals surface area contributed by atoms with Crippen molar-refractivity contribution in [3.63, 3.8) is 0 Å². The van der Waals surface area contributed by atoms with Crippen LogP contribution in [-0.2, 0) is 0 Å². The highest BCUT2D eigenvalue weighted by atomic mass is 16.7. The van der Waals surface area contributed by atoms with Gasteiger partial charge >= 0.3 is 0 Å². The molecule has 0 N–H and O–H groups in total. The van der Waals surface area contributed by atoms with Crippen LogP contribution in [0.4, 0.5) is 0 Å². The van der Waals surface area contributed by atoms with Crippen LogP contribution in [0, 0.1) is 0 Å². The molecule has 2 atom stereocenters. The highest BCUT2D eigenvalue weighted by Gasteiger charge is 2.35. The van der Waals surface area contributed by atoms with Gasteiger partial charge in [-0.15, -0.1) is 0 Å². The lowest BCUT2D eigenvalue weighted by atomic mass is 9.91. The largest absolute Gasteiger partial charge is 0.493 e. The normalized spacial score (nSPS) is 21.0. The minimum atomic E-state index is -0.0655. The minimum Gasteiger partial charge on any atom is -0.493 e. The van der Waals surface area contributed by atoms with E-state index in [0.29, 0.717) is 0 Å². The third-order valence-electron chi connectivity index (χ3n) is 4.60. The van der Waals surface area contributed by atoms with E-state index in [2.05, 4.69) is 19.1 Å². The van der Waals surface area contributed by atoms with Gasteiger partial charge in [0.1, 0.15) is 6.10 Å². The van der Waals surface area contributed by atoms with Gasteiger partial charge in [0.15, 0.2) is 23.0 Å². The average molecular weight is 324 g/mol. The van der Waals surface area contributed by atoms with Gasteiger partial charge in [0.25, 0.3) is 0 Å². The van der Waals surface area contributed by atoms with Crippen LogP contribution in [0.15, 0.2) is 36.4 Å². The molecule has 2 aromatic carbocycles. The van der Waals surface area contributed by atoms with Crippen molar-refractivity contribution in [3.8, 4) is 23.0 Å². The SMILES string of the molecule is C/C=C/c1cc(OC)c2c(c1)[C@@H](C)C(c1ccc3c(c1)OCO3)O2. The first-order chi connectivity index (χ1) is 11.7. The van der Waals surface area contributed by atoms with Gasteiger partial charge in [-0.3, -0.25) is 0 Å². The van der Waals surface area contributed by atoms with Crippen molar-refractivity contribution in [1.29, 1.82) is 0 Å². The smallest absolute Gasteiger partial charge is 0.231 e. The molecule has 0 amide bonds. The molecular formula is C20H20O4. The molecular weight excluding hydrogens is 304 g/mol. The fraction of sp³-hybridized carbons (Fsp3) is 0.300. The van der Waals surface area contributed by atoms with Crippen molar-refractivity contribution in [1.82, 2.24) is 0 Å². The number of hydrogen-bond acceptors (Lipinski definition) is 4. The number of rotatable bonds is 3. The molecule has 0 spiro atoms. The predicted octanol–water partition coefficient (Wildman–Crippen LogP) is 4.69. The Labute approximate surface area is 141 Å². The molecule has 0 fully saturated rings. The fourth-order valence-electron chi connectivity index (χ4n) is 3.39. The fourth-order valence-corrected chi connectivity index (χ4v) is 3.39. The zero-order chi connectivity index (χ0) is 16.7. The van der Waals surface area contributed by atoms with E-state index in [4.69, 9.17) is 18.9 Å². The standard InChI is InChI=1S/C20H20O4/c1-4-5-13-8-15-12(2)19(24-20(15)18(9-13)21-3)14-6-7-16-17(10-14)23-11-22-16/h4-10,12,19H,11H2,1-3H3/b5-4+/t12-,19?/m1/s1. The second-order valence-electron chi connectivity index (χ2n) is 6.08. The Hall–Kier alpha value is -2.62. The maximum Gasteiger partial charge on any atom is 0.231 e. The number of methoxy groups -OCH3 is 1. The van der Waals surface area contributed by atoms with Crippen LogP contribution < -0.4 is 18.9 Å². The molecule has 0 bridgehead atoms. The molecule has 0 aliphatic carbocycles. The molecule has 2 heterocycles. The Morgan fingerprint density at radius 1 is 1.12 bits per heavy atom. The van der Waals surface area contributed by atoms with E-state index < -0.39 is 0 Å². The maximum absolute atomic E-state index is 6.27. The second-order valence-corrected chi connectivity index (χ2v) is 6.08. The molecule has 4 nitrogen and oxygen atoms in total. The number of ether oxygens (including phenoxy) is 4. The van der Waals surface area contributed by atoms with Crippen LogP contribution >= 0.6 is 0 Å². The summed E-state index contributed by atoms with van der Waals surface area (Å²) in [6, 6.07) is 10.2. The molecule has 24 heavy (non-hydrogen) atoms. The molecule has 2 aliphatic heterocycles. The number of hydrogen-bond donors (Lipinski definition) is 0. The Morgan fingerprint density at radius 2 is 1.96 bits per heavy atom. The summed E-state index contributed by atoms with van der Waals surface area (Å²) in [6.45, 7) is 4.47. The van der Waals surface area contributed by atoms with Crippen molar-refractivity contribution < 1.29 is 18.9 Å². The van der Waals surface area contributed by atoms with Crippen LogP contribution in [0.2, 0.25) is 0 Å². The molecule has 0 saturated heterocycles. The lowest BCUT2D eigenvalue weighted by Gasteiger charge is -2.16. The van der Waals surface area contributed by atoms with E-state index in [1.54, 1.807) is 7.11 Å². The summed E-state index contributed by atoms with van der Waals surface area (Å²) in [5, 5.41) is 0. The van der Waals surface area contributed by atoms with Crippen LogP contribution in [0.25, 0.3) is 6.08 Å². The van der Waals surface area contributed by atoms with Gasteiger partial charge in [-0.25, -0.2) is 0 Å². The van der Waals surface area contributed by atoms with Gasteiger partial charge < -0.3 is 18.9 Å². The van der Waals surface area contributed by atoms with Crippen molar-refractivity contribution in [2.24, 2.45) is 0 Å². The summed E-state index contributed by atoms with van der Waals surface area (Å²) in [6.07, 6.45) is 4.03. The van der Waals surface area contributed by atoms with E-state index >= 15 is 0 Å². The van der Waals surface area contributed by atoms with Gasteiger partial charge in [0, 0.05) is 11.5 Å². The number of allylic oxidation sites excluding steroid dienone is 1. The van der Waals surface area contributed by atoms with Gasteiger partial charge in [-0.05, 0) is 42.3 Å². The van der Waals surface area contributed by atoms with Crippen molar-refractivity contribution in [2.45, 2.75) is 25.9 Å². The predicted molar refractivity (Wildman–Crippen MR) is 92.1 cm³/mol. The third-order valence-corrected chi connectivity index (χ3v) is 4.60. The molecule has 2 aromatic rings. The van der Waals surface area contributed by atoms with Crippen molar-refractivity contribution >= 4 is 6.08 Å². The van der Waals surface area contributed by atoms with E-state index in [9.17, 15) is 0 Å². The molecule has 1 unspecified atom stereocenters. The molecule has 0 radical (unpaired) electrons. The molecule has 0 aromatic heterocycles. The van der Waals surface area contributed by atoms with Gasteiger partial charge in [0.05, 0.1) is 7.11 Å². The minimum absolute atomic E-state index is 0.0655. The Morgan fingerprint density at radius 3 is 2.75 bits per heavy atom. The van der Waals surface area contributed by atoms with E-state index in [0.717, 1.165) is 34.1 Å². The van der Waals surface area contributed by atoms with Crippen LogP contribution in [0.1, 0.15) is 42.6 Å². The monoisotopic (exact) mass is 324 g/mol. The second kappa shape index (κ2) is 5.78. The van der Waals surface area contributed by atoms with Gasteiger partial charge in [0.2, 0.25) is 6.79 Å². The topological polar surface area (TPSA) is 36.9 Å². The first-order valence-corrected chi connectivity index (χ1v) is 8.12. The maximum atomic E-state index is 6.27. The number of benzene rings is 2. The summed E-state index contributed by atoms with van der Waals surface area (Å²) in [7, 11) is 1.68. The van der Waals surface area contributed by atoms with Crippen LogP contribution in [0.3, 0.4) is 0 Å². The van der Waals surface area contributed by atoms with Crippen molar-refractivity contribution in [3.05, 3.63) is 53.1 Å². The quantitative estimate of drug-likeness (QED) is 0.820. The van der Waals surface area contributed by atoms with Gasteiger partial charge in [-0.1, -0.05) is 25.1 Å². The summed E-state index contributed by atoms with van der Waals surface area (Å²) in [4.78, 5) is 0. The van der Waals surface area contributed by atoms with Crippen LogP contribution in [0.5, 0.6) is 23.0 Å². The van der Waals surface area contributed by atoms with Crippen molar-refractivity contribution in [2.75, 3.05) is 13.9 Å². The Kier molecular flexibility index (Phi) is 3.60. The van der Waals surface area contributed by atoms with Gasteiger partial charge in [-0.2, -0.15) is 0 Å². The molecule has 4 rings (SSSR count). The average Bonchev–Trinajstić information content (AvgIpc) is 3.19. The third kappa shape index (κ3) is 2.30. The zero-order valence-corrected chi connectivity index (χ0v) is 14.0. The van der Waals surface area contributed by atoms with E-state index in [-0.39, 0.29) is 18.8 Å². The van der Waals surface area contributed by atoms with E-state index in [1.807, 2.05) is 37.3 Å². The first-order valence-electron chi connectivity index (χ1n) is 8.12. The molecule has 2 aliphatic rings. The summed E-state index contributed by atoms with van der Waals surface area (Å²) in [5.74, 6) is 3.40. The lowest BCUT2D eigenvalue weighted by Crippen LogP contribution is -2.07. The molecule has 4 heteroatoms. The summed E-state index contributed by atoms with van der Waals surface area (Å²) >= 11 is 0. The highest BCUT2D eigenvalue weighted by Crippen LogP contribution is 2.51. The summed E-state index contributed by atoms with van der Waals surface area (Å²) in [5.41, 5.74) is 3.37. The first kappa shape index (κ1) is 14.9. The molecule has 124 valence electrons.